The molecule has 128 valence electrons. The summed E-state index contributed by atoms with van der Waals surface area (Å²) in [7, 11) is 0. The smallest absolute Gasteiger partial charge is 0.227 e. The fraction of sp³-hybridized carbons (Fsp3) is 0.0909. The molecule has 0 atom stereocenters. The normalized spacial score (nSPS) is 11.5. The van der Waals surface area contributed by atoms with Gasteiger partial charge in [-0.25, -0.2) is 4.98 Å². The van der Waals surface area contributed by atoms with E-state index in [1.54, 1.807) is 18.3 Å². The Bertz CT molecular complexity index is 1130. The molecule has 0 unspecified atom stereocenters. The lowest BCUT2D eigenvalue weighted by Gasteiger charge is -2.03. The van der Waals surface area contributed by atoms with Crippen LogP contribution in [-0.2, 0) is 0 Å². The van der Waals surface area contributed by atoms with E-state index in [-0.39, 0.29) is 5.75 Å². The average molecular weight is 342 g/mol. The van der Waals surface area contributed by atoms with Crippen molar-refractivity contribution in [3.63, 3.8) is 0 Å². The summed E-state index contributed by atoms with van der Waals surface area (Å²) in [6, 6.07) is 19.0. The van der Waals surface area contributed by atoms with Crippen LogP contribution in [0.1, 0.15) is 16.7 Å². The van der Waals surface area contributed by atoms with Crippen LogP contribution in [0.25, 0.3) is 22.6 Å². The van der Waals surface area contributed by atoms with E-state index in [9.17, 15) is 5.11 Å². The summed E-state index contributed by atoms with van der Waals surface area (Å²) < 4.78 is 5.91. The first-order valence-electron chi connectivity index (χ1n) is 8.40. The fourth-order valence-electron chi connectivity index (χ4n) is 2.77. The Morgan fingerprint density at radius 3 is 2.69 bits per heavy atom. The molecular formula is C22H18N2O2. The molecule has 0 aliphatic heterocycles. The van der Waals surface area contributed by atoms with Crippen molar-refractivity contribution >= 4 is 23.0 Å². The van der Waals surface area contributed by atoms with Gasteiger partial charge in [-0.2, -0.15) is 0 Å². The fourth-order valence-corrected chi connectivity index (χ4v) is 2.77. The Labute approximate surface area is 151 Å². The number of oxazole rings is 1. The van der Waals surface area contributed by atoms with Crippen molar-refractivity contribution in [3.8, 4) is 17.2 Å². The van der Waals surface area contributed by atoms with Crippen molar-refractivity contribution in [1.82, 2.24) is 4.98 Å². The molecule has 0 spiro atoms. The quantitative estimate of drug-likeness (QED) is 0.495. The van der Waals surface area contributed by atoms with Crippen LogP contribution in [-0.4, -0.2) is 16.3 Å². The number of para-hydroxylation sites is 1. The number of fused-ring (bicyclic) bond motifs is 1. The molecule has 0 aliphatic rings. The lowest BCUT2D eigenvalue weighted by atomic mass is 10.1. The van der Waals surface area contributed by atoms with E-state index in [1.165, 1.54) is 0 Å². The number of hydrogen-bond acceptors (Lipinski definition) is 4. The standard InChI is InChI=1S/C22H18N2O2/c1-14-7-10-18-21(11-14)26-22(24-18)16-9-8-15(2)19(12-16)23-13-17-5-3-4-6-20(17)25/h3-13,25H,1-2H3. The Kier molecular flexibility index (Phi) is 4.01. The number of hydrogen-bond donors (Lipinski definition) is 1. The van der Waals surface area contributed by atoms with Crippen molar-refractivity contribution in [3.05, 3.63) is 77.4 Å². The first-order valence-corrected chi connectivity index (χ1v) is 8.40. The van der Waals surface area contributed by atoms with Crippen LogP contribution in [0, 0.1) is 13.8 Å². The maximum atomic E-state index is 9.88. The van der Waals surface area contributed by atoms with Crippen LogP contribution >= 0.6 is 0 Å². The predicted molar refractivity (Wildman–Crippen MR) is 104 cm³/mol. The van der Waals surface area contributed by atoms with Crippen LogP contribution in [0.4, 0.5) is 5.69 Å². The zero-order valence-corrected chi connectivity index (χ0v) is 14.6. The molecule has 1 N–H and O–H groups in total. The first-order chi connectivity index (χ1) is 12.6. The number of aliphatic imine (C=N–C) groups is 1. The second kappa shape index (κ2) is 6.48. The number of aryl methyl sites for hydroxylation is 2. The SMILES string of the molecule is Cc1ccc2nc(-c3ccc(C)c(N=Cc4ccccc4O)c3)oc2c1. The maximum Gasteiger partial charge on any atom is 0.227 e. The van der Waals surface area contributed by atoms with Crippen LogP contribution in [0.3, 0.4) is 0 Å². The van der Waals surface area contributed by atoms with E-state index in [0.29, 0.717) is 11.5 Å². The summed E-state index contributed by atoms with van der Waals surface area (Å²) in [5.41, 5.74) is 6.14. The summed E-state index contributed by atoms with van der Waals surface area (Å²) in [6.45, 7) is 4.02. The Hall–Kier alpha value is -3.40. The monoisotopic (exact) mass is 342 g/mol. The van der Waals surface area contributed by atoms with Gasteiger partial charge in [0.15, 0.2) is 5.58 Å². The third-order valence-corrected chi connectivity index (χ3v) is 4.28. The van der Waals surface area contributed by atoms with E-state index in [4.69, 9.17) is 4.42 Å². The molecule has 0 radical (unpaired) electrons. The number of benzene rings is 3. The number of rotatable bonds is 3. The number of phenols is 1. The van der Waals surface area contributed by atoms with Crippen molar-refractivity contribution in [2.75, 3.05) is 0 Å². The van der Waals surface area contributed by atoms with E-state index in [1.807, 2.05) is 62.4 Å². The topological polar surface area (TPSA) is 58.6 Å². The van der Waals surface area contributed by atoms with E-state index < -0.39 is 0 Å². The molecule has 26 heavy (non-hydrogen) atoms. The molecule has 0 aliphatic carbocycles. The number of aromatic hydroxyl groups is 1. The minimum absolute atomic E-state index is 0.208. The van der Waals surface area contributed by atoms with E-state index >= 15 is 0 Å². The lowest BCUT2D eigenvalue weighted by Crippen LogP contribution is -1.84. The second-order valence-corrected chi connectivity index (χ2v) is 6.31. The number of aromatic nitrogens is 1. The second-order valence-electron chi connectivity index (χ2n) is 6.31. The van der Waals surface area contributed by atoms with Gasteiger partial charge >= 0.3 is 0 Å². The molecule has 0 fully saturated rings. The van der Waals surface area contributed by atoms with Gasteiger partial charge in [0.05, 0.1) is 5.69 Å². The van der Waals surface area contributed by atoms with Gasteiger partial charge in [-0.3, -0.25) is 4.99 Å². The lowest BCUT2D eigenvalue weighted by molar-refractivity contribution is 0.474. The van der Waals surface area contributed by atoms with Crippen molar-refractivity contribution in [1.29, 1.82) is 0 Å². The molecule has 3 aromatic carbocycles. The van der Waals surface area contributed by atoms with Gasteiger partial charge in [0.25, 0.3) is 0 Å². The third-order valence-electron chi connectivity index (χ3n) is 4.28. The highest BCUT2D eigenvalue weighted by Gasteiger charge is 2.10. The summed E-state index contributed by atoms with van der Waals surface area (Å²) >= 11 is 0. The highest BCUT2D eigenvalue weighted by molar-refractivity contribution is 5.86. The van der Waals surface area contributed by atoms with Gasteiger partial charge in [0.1, 0.15) is 11.3 Å². The van der Waals surface area contributed by atoms with Gasteiger partial charge in [0, 0.05) is 17.3 Å². The maximum absolute atomic E-state index is 9.88. The predicted octanol–water partition coefficient (Wildman–Crippen LogP) is 5.57. The Morgan fingerprint density at radius 1 is 1.00 bits per heavy atom. The Balaban J connectivity index is 1.72. The zero-order valence-electron chi connectivity index (χ0n) is 14.6. The summed E-state index contributed by atoms with van der Waals surface area (Å²) in [6.07, 6.45) is 1.66. The third kappa shape index (κ3) is 3.09. The molecular weight excluding hydrogens is 324 g/mol. The molecule has 0 bridgehead atoms. The summed E-state index contributed by atoms with van der Waals surface area (Å²) in [4.78, 5) is 9.11. The first kappa shape index (κ1) is 16.1. The highest BCUT2D eigenvalue weighted by atomic mass is 16.3. The van der Waals surface area contributed by atoms with Crippen molar-refractivity contribution in [2.45, 2.75) is 13.8 Å². The van der Waals surface area contributed by atoms with Gasteiger partial charge in [-0.1, -0.05) is 24.3 Å². The molecule has 4 aromatic rings. The summed E-state index contributed by atoms with van der Waals surface area (Å²) in [5.74, 6) is 0.781. The largest absolute Gasteiger partial charge is 0.507 e. The molecule has 0 saturated carbocycles. The minimum atomic E-state index is 0.208. The average Bonchev–Trinajstić information content (AvgIpc) is 3.05. The number of phenolic OH excluding ortho intramolecular Hbond substituents is 1. The van der Waals surface area contributed by atoms with Crippen LogP contribution in [0.5, 0.6) is 5.75 Å². The van der Waals surface area contributed by atoms with Gasteiger partial charge in [-0.15, -0.1) is 0 Å². The minimum Gasteiger partial charge on any atom is -0.507 e. The summed E-state index contributed by atoms with van der Waals surface area (Å²) in [5, 5.41) is 9.88. The molecule has 1 heterocycles. The van der Waals surface area contributed by atoms with Gasteiger partial charge in [-0.05, 0) is 61.4 Å². The van der Waals surface area contributed by atoms with Crippen LogP contribution in [0.2, 0.25) is 0 Å². The van der Waals surface area contributed by atoms with Gasteiger partial charge < -0.3 is 9.52 Å². The molecule has 4 heteroatoms. The molecule has 1 aromatic heterocycles. The van der Waals surface area contributed by atoms with Crippen molar-refractivity contribution in [2.24, 2.45) is 4.99 Å². The number of nitrogens with zero attached hydrogens (tertiary/aromatic N) is 2. The van der Waals surface area contributed by atoms with Crippen molar-refractivity contribution < 1.29 is 9.52 Å². The zero-order chi connectivity index (χ0) is 18.1. The molecule has 4 nitrogen and oxygen atoms in total. The molecule has 0 saturated heterocycles. The Morgan fingerprint density at radius 2 is 1.85 bits per heavy atom. The van der Waals surface area contributed by atoms with Crippen LogP contribution < -0.4 is 0 Å². The molecule has 4 rings (SSSR count). The van der Waals surface area contributed by atoms with E-state index in [0.717, 1.165) is 33.5 Å². The molecule has 0 amide bonds. The highest BCUT2D eigenvalue weighted by Crippen LogP contribution is 2.29. The van der Waals surface area contributed by atoms with E-state index in [2.05, 4.69) is 9.98 Å². The van der Waals surface area contributed by atoms with Crippen LogP contribution in [0.15, 0.2) is 70.1 Å². The van der Waals surface area contributed by atoms with Gasteiger partial charge in [0.2, 0.25) is 5.89 Å².